The lowest BCUT2D eigenvalue weighted by molar-refractivity contribution is -0.150. The van der Waals surface area contributed by atoms with Gasteiger partial charge in [-0.3, -0.25) is 14.6 Å². The molecule has 0 bridgehead atoms. The number of anilines is 1. The second kappa shape index (κ2) is 5.47. The van der Waals surface area contributed by atoms with E-state index in [0.29, 0.717) is 13.1 Å². The molecule has 1 aromatic carbocycles. The van der Waals surface area contributed by atoms with Gasteiger partial charge in [0, 0.05) is 37.3 Å². The first-order chi connectivity index (χ1) is 11.6. The van der Waals surface area contributed by atoms with E-state index in [1.54, 1.807) is 4.90 Å². The van der Waals surface area contributed by atoms with Crippen LogP contribution in [-0.4, -0.2) is 53.9 Å². The van der Waals surface area contributed by atoms with Gasteiger partial charge in [-0.25, -0.2) is 0 Å². The molecule has 4 rings (SSSR count). The van der Waals surface area contributed by atoms with E-state index in [1.165, 1.54) is 11.3 Å². The van der Waals surface area contributed by atoms with E-state index in [2.05, 4.69) is 28.2 Å². The Morgan fingerprint density at radius 3 is 2.79 bits per heavy atom. The summed E-state index contributed by atoms with van der Waals surface area (Å²) >= 11 is 0. The zero-order valence-electron chi connectivity index (χ0n) is 13.9. The third-order valence-corrected chi connectivity index (χ3v) is 5.10. The van der Waals surface area contributed by atoms with E-state index in [1.807, 2.05) is 25.1 Å². The number of piperazine rings is 2. The number of carbonyl (C=O) groups excluding carboxylic acids is 2. The first kappa shape index (κ1) is 14.9. The molecule has 0 saturated carbocycles. The Bertz CT molecular complexity index is 848. The molecule has 0 unspecified atom stereocenters. The molecule has 1 aromatic heterocycles. The number of nitrogens with zero attached hydrogens (tertiary/aromatic N) is 3. The van der Waals surface area contributed by atoms with Crippen LogP contribution < -0.4 is 10.2 Å². The standard InChI is InChI=1S/C18H20N4O2/c1-11-12(2)20-15-6-4-3-5-14(15)16(11)21-7-8-22-13(10-21)9-19-17(23)18(22)24/h3-6,13H,7-10H2,1-2H3,(H,19,23)/t13-/m1/s1. The molecule has 0 radical (unpaired) electrons. The van der Waals surface area contributed by atoms with Crippen molar-refractivity contribution in [2.45, 2.75) is 19.9 Å². The van der Waals surface area contributed by atoms with Gasteiger partial charge >= 0.3 is 11.8 Å². The first-order valence-electron chi connectivity index (χ1n) is 8.26. The largest absolute Gasteiger partial charge is 0.367 e. The fourth-order valence-corrected chi connectivity index (χ4v) is 3.73. The number of nitrogens with one attached hydrogen (secondary N) is 1. The summed E-state index contributed by atoms with van der Waals surface area (Å²) in [7, 11) is 0. The van der Waals surface area contributed by atoms with Crippen molar-refractivity contribution in [2.24, 2.45) is 0 Å². The molecule has 1 atom stereocenters. The fraction of sp³-hybridized carbons (Fsp3) is 0.389. The van der Waals surface area contributed by atoms with Crippen LogP contribution in [0.2, 0.25) is 0 Å². The number of pyridine rings is 1. The molecule has 2 aliphatic heterocycles. The molecule has 2 amide bonds. The number of hydrogen-bond donors (Lipinski definition) is 1. The number of fused-ring (bicyclic) bond motifs is 2. The lowest BCUT2D eigenvalue weighted by atomic mass is 10.0. The molecule has 6 heteroatoms. The number of hydrogen-bond acceptors (Lipinski definition) is 4. The van der Waals surface area contributed by atoms with E-state index < -0.39 is 11.8 Å². The Labute approximate surface area is 140 Å². The number of para-hydroxylation sites is 1. The molecule has 124 valence electrons. The van der Waals surface area contributed by atoms with Crippen LogP contribution in [-0.2, 0) is 9.59 Å². The number of carbonyl (C=O) groups is 2. The summed E-state index contributed by atoms with van der Waals surface area (Å²) in [5, 5.41) is 3.84. The Morgan fingerprint density at radius 2 is 1.96 bits per heavy atom. The molecule has 2 aromatic rings. The summed E-state index contributed by atoms with van der Waals surface area (Å²) in [4.78, 5) is 32.3. The Balaban J connectivity index is 1.73. The van der Waals surface area contributed by atoms with Crippen LogP contribution in [0, 0.1) is 13.8 Å². The van der Waals surface area contributed by atoms with Gasteiger partial charge in [-0.2, -0.15) is 0 Å². The predicted octanol–water partition coefficient (Wildman–Crippen LogP) is 0.999. The Kier molecular flexibility index (Phi) is 3.40. The summed E-state index contributed by atoms with van der Waals surface area (Å²) in [5.74, 6) is -0.889. The van der Waals surface area contributed by atoms with Gasteiger partial charge in [-0.1, -0.05) is 18.2 Å². The van der Waals surface area contributed by atoms with Crippen LogP contribution in [0.15, 0.2) is 24.3 Å². The topological polar surface area (TPSA) is 65.5 Å². The Hall–Kier alpha value is -2.63. The van der Waals surface area contributed by atoms with Crippen LogP contribution in [0.25, 0.3) is 10.9 Å². The maximum Gasteiger partial charge on any atom is 0.312 e. The van der Waals surface area contributed by atoms with E-state index in [4.69, 9.17) is 0 Å². The molecule has 0 aliphatic carbocycles. The summed E-state index contributed by atoms with van der Waals surface area (Å²) in [5.41, 5.74) is 4.39. The van der Waals surface area contributed by atoms with Crippen molar-refractivity contribution in [1.82, 2.24) is 15.2 Å². The van der Waals surface area contributed by atoms with Crippen LogP contribution in [0.4, 0.5) is 5.69 Å². The lowest BCUT2D eigenvalue weighted by Crippen LogP contribution is -2.65. The highest BCUT2D eigenvalue weighted by molar-refractivity contribution is 6.35. The summed E-state index contributed by atoms with van der Waals surface area (Å²) in [6.07, 6.45) is 0. The molecule has 2 fully saturated rings. The van der Waals surface area contributed by atoms with Gasteiger partial charge in [0.1, 0.15) is 0 Å². The molecular formula is C18H20N4O2. The highest BCUT2D eigenvalue weighted by Gasteiger charge is 2.38. The van der Waals surface area contributed by atoms with Gasteiger partial charge in [-0.05, 0) is 25.5 Å². The minimum atomic E-state index is -0.485. The number of aromatic nitrogens is 1. The minimum absolute atomic E-state index is 0.0237. The summed E-state index contributed by atoms with van der Waals surface area (Å²) in [6, 6.07) is 8.19. The van der Waals surface area contributed by atoms with Crippen LogP contribution >= 0.6 is 0 Å². The average molecular weight is 324 g/mol. The third-order valence-electron chi connectivity index (χ3n) is 5.10. The molecule has 6 nitrogen and oxygen atoms in total. The molecule has 0 spiro atoms. The van der Waals surface area contributed by atoms with Gasteiger partial charge < -0.3 is 15.1 Å². The highest BCUT2D eigenvalue weighted by atomic mass is 16.2. The highest BCUT2D eigenvalue weighted by Crippen LogP contribution is 2.32. The summed E-state index contributed by atoms with van der Waals surface area (Å²) < 4.78 is 0. The maximum atomic E-state index is 12.0. The van der Waals surface area contributed by atoms with Crippen molar-refractivity contribution < 1.29 is 9.59 Å². The van der Waals surface area contributed by atoms with Crippen molar-refractivity contribution in [3.8, 4) is 0 Å². The predicted molar refractivity (Wildman–Crippen MR) is 91.9 cm³/mol. The zero-order chi connectivity index (χ0) is 16.8. The van der Waals surface area contributed by atoms with Crippen molar-refractivity contribution in [3.05, 3.63) is 35.5 Å². The molecule has 24 heavy (non-hydrogen) atoms. The molecule has 3 heterocycles. The minimum Gasteiger partial charge on any atom is -0.367 e. The maximum absolute atomic E-state index is 12.0. The second-order valence-electron chi connectivity index (χ2n) is 6.50. The van der Waals surface area contributed by atoms with Crippen LogP contribution in [0.3, 0.4) is 0 Å². The lowest BCUT2D eigenvalue weighted by Gasteiger charge is -2.44. The van der Waals surface area contributed by atoms with E-state index in [9.17, 15) is 9.59 Å². The number of aryl methyl sites for hydroxylation is 1. The molecular weight excluding hydrogens is 304 g/mol. The monoisotopic (exact) mass is 324 g/mol. The van der Waals surface area contributed by atoms with E-state index in [-0.39, 0.29) is 6.04 Å². The smallest absolute Gasteiger partial charge is 0.312 e. The molecule has 2 saturated heterocycles. The van der Waals surface area contributed by atoms with Crippen LogP contribution in [0.1, 0.15) is 11.3 Å². The zero-order valence-corrected chi connectivity index (χ0v) is 13.9. The van der Waals surface area contributed by atoms with Crippen molar-refractivity contribution in [3.63, 3.8) is 0 Å². The fourth-order valence-electron chi connectivity index (χ4n) is 3.73. The van der Waals surface area contributed by atoms with Crippen molar-refractivity contribution in [2.75, 3.05) is 31.1 Å². The van der Waals surface area contributed by atoms with Gasteiger partial charge in [0.2, 0.25) is 0 Å². The van der Waals surface area contributed by atoms with Crippen LogP contribution in [0.5, 0.6) is 0 Å². The first-order valence-corrected chi connectivity index (χ1v) is 8.26. The number of benzene rings is 1. The molecule has 1 N–H and O–H groups in total. The Morgan fingerprint density at radius 1 is 1.17 bits per heavy atom. The number of amides is 2. The van der Waals surface area contributed by atoms with Gasteiger partial charge in [0.05, 0.1) is 17.2 Å². The van der Waals surface area contributed by atoms with Crippen molar-refractivity contribution >= 4 is 28.4 Å². The third kappa shape index (κ3) is 2.21. The number of rotatable bonds is 1. The normalized spacial score (nSPS) is 21.0. The van der Waals surface area contributed by atoms with Gasteiger partial charge in [-0.15, -0.1) is 0 Å². The quantitative estimate of drug-likeness (QED) is 0.795. The molecule has 2 aliphatic rings. The van der Waals surface area contributed by atoms with Gasteiger partial charge in [0.15, 0.2) is 0 Å². The van der Waals surface area contributed by atoms with E-state index >= 15 is 0 Å². The van der Waals surface area contributed by atoms with Gasteiger partial charge in [0.25, 0.3) is 0 Å². The van der Waals surface area contributed by atoms with E-state index in [0.717, 1.165) is 29.7 Å². The second-order valence-corrected chi connectivity index (χ2v) is 6.50. The SMILES string of the molecule is Cc1nc2ccccc2c(N2CCN3C(=O)C(=O)NC[C@@H]3C2)c1C. The average Bonchev–Trinajstić information content (AvgIpc) is 2.59. The van der Waals surface area contributed by atoms with Crippen molar-refractivity contribution in [1.29, 1.82) is 0 Å². The summed E-state index contributed by atoms with van der Waals surface area (Å²) in [6.45, 7) is 6.68.